The number of nitrogens with zero attached hydrogens (tertiary/aromatic N) is 1. The molecule has 2 aromatic carbocycles. The predicted octanol–water partition coefficient (Wildman–Crippen LogP) is 5.50. The smallest absolute Gasteiger partial charge is 0.243 e. The lowest BCUT2D eigenvalue weighted by molar-refractivity contribution is 0.104. The van der Waals surface area contributed by atoms with Crippen LogP contribution in [-0.4, -0.2) is 45.8 Å². The fraction of sp³-hybridized carbons (Fsp3) is 0.269. The molecule has 0 N–H and O–H groups in total. The highest BCUT2D eigenvalue weighted by atomic mass is 32.2. The van der Waals surface area contributed by atoms with Crippen molar-refractivity contribution in [3.05, 3.63) is 71.1 Å². The first-order valence-electron chi connectivity index (χ1n) is 11.1. The van der Waals surface area contributed by atoms with Gasteiger partial charge in [-0.2, -0.15) is 4.31 Å². The van der Waals surface area contributed by atoms with E-state index in [9.17, 15) is 13.2 Å². The molecule has 0 saturated carbocycles. The number of piperidine rings is 1. The number of benzene rings is 2. The molecule has 8 heteroatoms. The van der Waals surface area contributed by atoms with E-state index in [0.29, 0.717) is 30.2 Å². The number of sulfonamides is 1. The SMILES string of the molecule is COc1cc(OC)c(-c2cccs2)cc1/C=C/C(=O)c1ccc(S(=O)(=O)N2CCCCC2)cc1. The van der Waals surface area contributed by atoms with Crippen molar-refractivity contribution < 1.29 is 22.7 Å². The third-order valence-electron chi connectivity index (χ3n) is 5.84. The normalized spacial score (nSPS) is 14.9. The van der Waals surface area contributed by atoms with E-state index in [-0.39, 0.29) is 10.7 Å². The van der Waals surface area contributed by atoms with Gasteiger partial charge in [-0.15, -0.1) is 11.3 Å². The van der Waals surface area contributed by atoms with E-state index < -0.39 is 10.0 Å². The molecule has 0 amide bonds. The van der Waals surface area contributed by atoms with Crippen LogP contribution in [0.2, 0.25) is 0 Å². The summed E-state index contributed by atoms with van der Waals surface area (Å²) in [5.41, 5.74) is 2.07. The Balaban J connectivity index is 1.56. The average molecular weight is 498 g/mol. The van der Waals surface area contributed by atoms with Crippen LogP contribution in [0.5, 0.6) is 11.5 Å². The molecule has 0 radical (unpaired) electrons. The summed E-state index contributed by atoms with van der Waals surface area (Å²) in [4.78, 5) is 14.1. The highest BCUT2D eigenvalue weighted by Crippen LogP contribution is 2.38. The molecule has 6 nitrogen and oxygen atoms in total. The molecule has 0 atom stereocenters. The maximum absolute atomic E-state index is 12.8. The van der Waals surface area contributed by atoms with Crippen molar-refractivity contribution in [3.8, 4) is 21.9 Å². The Morgan fingerprint density at radius 1 is 0.971 bits per heavy atom. The van der Waals surface area contributed by atoms with E-state index in [1.54, 1.807) is 49.8 Å². The number of carbonyl (C=O) groups excluding carboxylic acids is 1. The summed E-state index contributed by atoms with van der Waals surface area (Å²) in [5.74, 6) is 1.05. The minimum atomic E-state index is -3.53. The number of allylic oxidation sites excluding steroid dienone is 1. The number of carbonyl (C=O) groups is 1. The number of hydrogen-bond acceptors (Lipinski definition) is 6. The zero-order chi connectivity index (χ0) is 24.1. The Morgan fingerprint density at radius 2 is 1.68 bits per heavy atom. The maximum atomic E-state index is 12.8. The van der Waals surface area contributed by atoms with Gasteiger partial charge in [-0.05, 0) is 66.8 Å². The third-order valence-corrected chi connectivity index (χ3v) is 8.66. The van der Waals surface area contributed by atoms with E-state index in [2.05, 4.69) is 0 Å². The van der Waals surface area contributed by atoms with Crippen molar-refractivity contribution in [1.82, 2.24) is 4.31 Å². The highest BCUT2D eigenvalue weighted by Gasteiger charge is 2.25. The Kier molecular flexibility index (Phi) is 7.50. The summed E-state index contributed by atoms with van der Waals surface area (Å²) < 4.78 is 38.2. The number of ether oxygens (including phenoxy) is 2. The second-order valence-corrected chi connectivity index (χ2v) is 10.8. The van der Waals surface area contributed by atoms with Crippen molar-refractivity contribution in [2.24, 2.45) is 0 Å². The summed E-state index contributed by atoms with van der Waals surface area (Å²) in [7, 11) is -0.344. The lowest BCUT2D eigenvalue weighted by atomic mass is 10.0. The van der Waals surface area contributed by atoms with E-state index in [1.165, 1.54) is 22.5 Å². The average Bonchev–Trinajstić information content (AvgIpc) is 3.42. The van der Waals surface area contributed by atoms with Gasteiger partial charge >= 0.3 is 0 Å². The second-order valence-electron chi connectivity index (χ2n) is 7.96. The van der Waals surface area contributed by atoms with Gasteiger partial charge in [0.1, 0.15) is 11.5 Å². The van der Waals surface area contributed by atoms with E-state index >= 15 is 0 Å². The lowest BCUT2D eigenvalue weighted by Crippen LogP contribution is -2.35. The zero-order valence-corrected chi connectivity index (χ0v) is 20.8. The van der Waals surface area contributed by atoms with Crippen LogP contribution in [0.15, 0.2) is 64.9 Å². The molecule has 3 aromatic rings. The Morgan fingerprint density at radius 3 is 2.29 bits per heavy atom. The Labute approximate surface area is 204 Å². The number of hydrogen-bond donors (Lipinski definition) is 0. The molecule has 1 saturated heterocycles. The van der Waals surface area contributed by atoms with Crippen LogP contribution < -0.4 is 9.47 Å². The summed E-state index contributed by atoms with van der Waals surface area (Å²) >= 11 is 1.60. The molecule has 1 aliphatic rings. The Bertz CT molecular complexity index is 1270. The van der Waals surface area contributed by atoms with Gasteiger partial charge in [0.2, 0.25) is 10.0 Å². The predicted molar refractivity (Wildman–Crippen MR) is 135 cm³/mol. The number of ketones is 1. The quantitative estimate of drug-likeness (QED) is 0.303. The fourth-order valence-corrected chi connectivity index (χ4v) is 6.25. The van der Waals surface area contributed by atoms with Gasteiger partial charge in [0, 0.05) is 40.7 Å². The van der Waals surface area contributed by atoms with Crippen LogP contribution in [0.4, 0.5) is 0 Å². The van der Waals surface area contributed by atoms with Gasteiger partial charge < -0.3 is 9.47 Å². The molecule has 0 unspecified atom stereocenters. The minimum Gasteiger partial charge on any atom is -0.496 e. The van der Waals surface area contributed by atoms with Gasteiger partial charge in [0.05, 0.1) is 19.1 Å². The molecule has 34 heavy (non-hydrogen) atoms. The van der Waals surface area contributed by atoms with Crippen LogP contribution in [0.25, 0.3) is 16.5 Å². The molecule has 2 heterocycles. The maximum Gasteiger partial charge on any atom is 0.243 e. The summed E-state index contributed by atoms with van der Waals surface area (Å²) in [5, 5.41) is 1.99. The molecule has 0 spiro atoms. The van der Waals surface area contributed by atoms with Gasteiger partial charge in [0.25, 0.3) is 0 Å². The van der Waals surface area contributed by atoms with Crippen molar-refractivity contribution in [2.75, 3.05) is 27.3 Å². The van der Waals surface area contributed by atoms with Crippen LogP contribution in [0, 0.1) is 0 Å². The summed E-state index contributed by atoms with van der Waals surface area (Å²) in [6.45, 7) is 1.09. The number of thiophene rings is 1. The Hall–Kier alpha value is -2.94. The van der Waals surface area contributed by atoms with Gasteiger partial charge in [-0.1, -0.05) is 12.5 Å². The first kappa shape index (κ1) is 24.2. The standard InChI is InChI=1S/C26H27NO5S2/c1-31-24-18-25(32-2)22(26-7-6-16-33-26)17-20(24)10-13-23(28)19-8-11-21(12-9-19)34(29,30)27-14-4-3-5-15-27/h6-13,16-18H,3-5,14-15H2,1-2H3/b13-10+. The van der Waals surface area contributed by atoms with Crippen molar-refractivity contribution in [1.29, 1.82) is 0 Å². The van der Waals surface area contributed by atoms with Crippen LogP contribution in [0.1, 0.15) is 35.2 Å². The van der Waals surface area contributed by atoms with Crippen molar-refractivity contribution in [2.45, 2.75) is 24.2 Å². The molecule has 1 aliphatic heterocycles. The van der Waals surface area contributed by atoms with Crippen LogP contribution in [-0.2, 0) is 10.0 Å². The lowest BCUT2D eigenvalue weighted by Gasteiger charge is -2.25. The number of methoxy groups -OCH3 is 2. The number of rotatable bonds is 8. The van der Waals surface area contributed by atoms with Gasteiger partial charge in [0.15, 0.2) is 5.78 Å². The first-order chi connectivity index (χ1) is 16.4. The molecule has 178 valence electrons. The van der Waals surface area contributed by atoms with E-state index in [4.69, 9.17) is 9.47 Å². The van der Waals surface area contributed by atoms with Crippen LogP contribution in [0.3, 0.4) is 0 Å². The second kappa shape index (κ2) is 10.5. The molecular formula is C26H27NO5S2. The first-order valence-corrected chi connectivity index (χ1v) is 13.4. The molecule has 0 aliphatic carbocycles. The minimum absolute atomic E-state index is 0.215. The van der Waals surface area contributed by atoms with Crippen molar-refractivity contribution in [3.63, 3.8) is 0 Å². The molecule has 1 fully saturated rings. The summed E-state index contributed by atoms with van der Waals surface area (Å²) in [6, 6.07) is 13.9. The van der Waals surface area contributed by atoms with Crippen molar-refractivity contribution >= 4 is 33.2 Å². The highest BCUT2D eigenvalue weighted by molar-refractivity contribution is 7.89. The monoisotopic (exact) mass is 497 g/mol. The molecular weight excluding hydrogens is 470 g/mol. The van der Waals surface area contributed by atoms with Gasteiger partial charge in [-0.3, -0.25) is 4.79 Å². The fourth-order valence-electron chi connectivity index (χ4n) is 3.99. The van der Waals surface area contributed by atoms with E-state index in [1.807, 2.05) is 23.6 Å². The molecule has 1 aromatic heterocycles. The van der Waals surface area contributed by atoms with E-state index in [0.717, 1.165) is 35.3 Å². The third kappa shape index (κ3) is 5.09. The van der Waals surface area contributed by atoms with Crippen LogP contribution >= 0.6 is 11.3 Å². The molecule has 4 rings (SSSR count). The largest absolute Gasteiger partial charge is 0.496 e. The van der Waals surface area contributed by atoms with Gasteiger partial charge in [-0.25, -0.2) is 8.42 Å². The zero-order valence-electron chi connectivity index (χ0n) is 19.2. The molecule has 0 bridgehead atoms. The topological polar surface area (TPSA) is 72.9 Å². The summed E-state index contributed by atoms with van der Waals surface area (Å²) in [6.07, 6.45) is 5.99.